The van der Waals surface area contributed by atoms with Crippen LogP contribution < -0.4 is 10.1 Å². The van der Waals surface area contributed by atoms with Gasteiger partial charge in [0.05, 0.1) is 12.8 Å². The summed E-state index contributed by atoms with van der Waals surface area (Å²) < 4.78 is 33.5. The second-order valence-electron chi connectivity index (χ2n) is 5.44. The fourth-order valence-electron chi connectivity index (χ4n) is 2.10. The Labute approximate surface area is 153 Å². The molecule has 0 bridgehead atoms. The highest BCUT2D eigenvalue weighted by molar-refractivity contribution is 5.88. The van der Waals surface area contributed by atoms with Crippen LogP contribution >= 0.6 is 0 Å². The van der Waals surface area contributed by atoms with Gasteiger partial charge in [-0.25, -0.2) is 9.18 Å². The van der Waals surface area contributed by atoms with Crippen LogP contribution in [-0.4, -0.2) is 18.5 Å². The van der Waals surface area contributed by atoms with E-state index in [1.807, 2.05) is 0 Å². The number of ether oxygens (including phenoxy) is 2. The normalized spacial score (nSPS) is 10.4. The van der Waals surface area contributed by atoms with E-state index in [-0.39, 0.29) is 24.7 Å². The lowest BCUT2D eigenvalue weighted by atomic mass is 10.3. The predicted octanol–water partition coefficient (Wildman–Crippen LogP) is 3.06. The Kier molecular flexibility index (Phi) is 5.88. The summed E-state index contributed by atoms with van der Waals surface area (Å²) in [6.45, 7) is -0.181. The molecule has 140 valence electrons. The Morgan fingerprint density at radius 2 is 1.85 bits per heavy atom. The third-order valence-electron chi connectivity index (χ3n) is 3.43. The van der Waals surface area contributed by atoms with Gasteiger partial charge in [0.2, 0.25) is 5.76 Å². The SMILES string of the molecule is O=C(COC(=O)c1ccc(COc2ccc(F)cc2)o1)NCc1ccco1. The first-order valence-electron chi connectivity index (χ1n) is 8.03. The monoisotopic (exact) mass is 373 g/mol. The maximum absolute atomic E-state index is 12.8. The summed E-state index contributed by atoms with van der Waals surface area (Å²) >= 11 is 0. The number of rotatable bonds is 8. The van der Waals surface area contributed by atoms with Crippen molar-refractivity contribution in [1.82, 2.24) is 5.32 Å². The molecule has 0 unspecified atom stereocenters. The number of benzene rings is 1. The molecule has 8 heteroatoms. The number of nitrogens with one attached hydrogen (secondary N) is 1. The topological polar surface area (TPSA) is 90.9 Å². The van der Waals surface area contributed by atoms with E-state index in [1.54, 1.807) is 18.2 Å². The quantitative estimate of drug-likeness (QED) is 0.610. The highest BCUT2D eigenvalue weighted by atomic mass is 19.1. The van der Waals surface area contributed by atoms with E-state index in [4.69, 9.17) is 18.3 Å². The maximum atomic E-state index is 12.8. The summed E-state index contributed by atoms with van der Waals surface area (Å²) in [5.74, 6) is -0.210. The molecular weight excluding hydrogens is 357 g/mol. The summed E-state index contributed by atoms with van der Waals surface area (Å²) in [6.07, 6.45) is 1.50. The van der Waals surface area contributed by atoms with E-state index >= 15 is 0 Å². The van der Waals surface area contributed by atoms with Crippen LogP contribution in [0, 0.1) is 5.82 Å². The predicted molar refractivity (Wildman–Crippen MR) is 90.3 cm³/mol. The lowest BCUT2D eigenvalue weighted by molar-refractivity contribution is -0.124. The number of carbonyl (C=O) groups excluding carboxylic acids is 2. The molecule has 0 aliphatic carbocycles. The van der Waals surface area contributed by atoms with E-state index in [1.165, 1.54) is 36.6 Å². The fraction of sp³-hybridized carbons (Fsp3) is 0.158. The van der Waals surface area contributed by atoms with E-state index in [0.29, 0.717) is 17.3 Å². The molecule has 2 heterocycles. The summed E-state index contributed by atoms with van der Waals surface area (Å²) in [7, 11) is 0. The molecular formula is C19H16FNO6. The Morgan fingerprint density at radius 1 is 1.04 bits per heavy atom. The van der Waals surface area contributed by atoms with Gasteiger partial charge >= 0.3 is 5.97 Å². The van der Waals surface area contributed by atoms with E-state index < -0.39 is 18.5 Å². The van der Waals surface area contributed by atoms with Crippen molar-refractivity contribution in [1.29, 1.82) is 0 Å². The minimum absolute atomic E-state index is 0.0495. The molecule has 0 saturated heterocycles. The molecule has 1 amide bonds. The molecule has 0 fully saturated rings. The van der Waals surface area contributed by atoms with Gasteiger partial charge in [-0.3, -0.25) is 4.79 Å². The van der Waals surface area contributed by atoms with Gasteiger partial charge in [-0.1, -0.05) is 0 Å². The van der Waals surface area contributed by atoms with Crippen molar-refractivity contribution in [2.75, 3.05) is 6.61 Å². The summed E-state index contributed by atoms with van der Waals surface area (Å²) in [5.41, 5.74) is 0. The van der Waals surface area contributed by atoms with Gasteiger partial charge in [-0.05, 0) is 48.5 Å². The number of hydrogen-bond donors (Lipinski definition) is 1. The number of carbonyl (C=O) groups is 2. The van der Waals surface area contributed by atoms with Crippen molar-refractivity contribution in [3.8, 4) is 5.75 Å². The third kappa shape index (κ3) is 5.46. The number of furan rings is 2. The molecule has 7 nitrogen and oxygen atoms in total. The summed E-state index contributed by atoms with van der Waals surface area (Å²) in [5, 5.41) is 2.55. The highest BCUT2D eigenvalue weighted by Gasteiger charge is 2.15. The first kappa shape index (κ1) is 18.2. The zero-order chi connectivity index (χ0) is 19.1. The molecule has 0 saturated carbocycles. The second-order valence-corrected chi connectivity index (χ2v) is 5.44. The van der Waals surface area contributed by atoms with Crippen molar-refractivity contribution >= 4 is 11.9 Å². The minimum Gasteiger partial charge on any atom is -0.486 e. The van der Waals surface area contributed by atoms with Gasteiger partial charge in [0, 0.05) is 0 Å². The van der Waals surface area contributed by atoms with Gasteiger partial charge in [-0.2, -0.15) is 0 Å². The zero-order valence-electron chi connectivity index (χ0n) is 14.1. The molecule has 0 radical (unpaired) electrons. The lowest BCUT2D eigenvalue weighted by Gasteiger charge is -2.05. The van der Waals surface area contributed by atoms with Gasteiger partial charge in [-0.15, -0.1) is 0 Å². The molecule has 3 aromatic rings. The summed E-state index contributed by atoms with van der Waals surface area (Å²) in [6, 6.07) is 11.9. The van der Waals surface area contributed by atoms with Crippen LogP contribution in [0.1, 0.15) is 22.1 Å². The van der Waals surface area contributed by atoms with Crippen LogP contribution in [0.2, 0.25) is 0 Å². The van der Waals surface area contributed by atoms with Gasteiger partial charge < -0.3 is 23.6 Å². The van der Waals surface area contributed by atoms with E-state index in [9.17, 15) is 14.0 Å². The molecule has 0 spiro atoms. The summed E-state index contributed by atoms with van der Waals surface area (Å²) in [4.78, 5) is 23.6. The fourth-order valence-corrected chi connectivity index (χ4v) is 2.10. The standard InChI is InChI=1S/C19H16FNO6/c20-13-3-5-14(6-4-13)25-11-16-7-8-17(27-16)19(23)26-12-18(22)21-10-15-2-1-9-24-15/h1-9H,10-12H2,(H,21,22). The first-order chi connectivity index (χ1) is 13.1. The largest absolute Gasteiger partial charge is 0.486 e. The molecule has 1 aromatic carbocycles. The molecule has 27 heavy (non-hydrogen) atoms. The first-order valence-corrected chi connectivity index (χ1v) is 8.03. The van der Waals surface area contributed by atoms with E-state index in [2.05, 4.69) is 5.32 Å². The van der Waals surface area contributed by atoms with Gasteiger partial charge in [0.15, 0.2) is 6.61 Å². The van der Waals surface area contributed by atoms with E-state index in [0.717, 1.165) is 0 Å². The third-order valence-corrected chi connectivity index (χ3v) is 3.43. The van der Waals surface area contributed by atoms with Gasteiger partial charge in [0.1, 0.15) is 29.7 Å². The van der Waals surface area contributed by atoms with Crippen LogP contribution in [-0.2, 0) is 22.7 Å². The molecule has 0 aliphatic heterocycles. The molecule has 0 aliphatic rings. The van der Waals surface area contributed by atoms with Crippen LogP contribution in [0.5, 0.6) is 5.75 Å². The Hall–Kier alpha value is -3.55. The van der Waals surface area contributed by atoms with Crippen molar-refractivity contribution in [3.05, 3.63) is 77.9 Å². The van der Waals surface area contributed by atoms with Crippen LogP contribution in [0.4, 0.5) is 4.39 Å². The number of halogens is 1. The minimum atomic E-state index is -0.767. The average molecular weight is 373 g/mol. The van der Waals surface area contributed by atoms with Crippen molar-refractivity contribution in [2.24, 2.45) is 0 Å². The number of hydrogen-bond acceptors (Lipinski definition) is 6. The molecule has 0 atom stereocenters. The van der Waals surface area contributed by atoms with Crippen molar-refractivity contribution in [3.63, 3.8) is 0 Å². The maximum Gasteiger partial charge on any atom is 0.374 e. The van der Waals surface area contributed by atoms with Crippen LogP contribution in [0.3, 0.4) is 0 Å². The van der Waals surface area contributed by atoms with Gasteiger partial charge in [0.25, 0.3) is 5.91 Å². The molecule has 1 N–H and O–H groups in total. The Morgan fingerprint density at radius 3 is 2.59 bits per heavy atom. The molecule has 3 rings (SSSR count). The molecule has 2 aromatic heterocycles. The highest BCUT2D eigenvalue weighted by Crippen LogP contribution is 2.15. The van der Waals surface area contributed by atoms with Crippen LogP contribution in [0.25, 0.3) is 0 Å². The smallest absolute Gasteiger partial charge is 0.374 e. The zero-order valence-corrected chi connectivity index (χ0v) is 14.1. The van der Waals surface area contributed by atoms with Crippen molar-refractivity contribution < 1.29 is 32.3 Å². The van der Waals surface area contributed by atoms with Crippen molar-refractivity contribution in [2.45, 2.75) is 13.2 Å². The Bertz CT molecular complexity index is 885. The second kappa shape index (κ2) is 8.70. The van der Waals surface area contributed by atoms with Crippen LogP contribution in [0.15, 0.2) is 63.6 Å². The lowest BCUT2D eigenvalue weighted by Crippen LogP contribution is -2.28. The number of amides is 1. The Balaban J connectivity index is 1.42. The average Bonchev–Trinajstić information content (AvgIpc) is 3.36. The number of esters is 1.